The summed E-state index contributed by atoms with van der Waals surface area (Å²) in [5.74, 6) is 6.21. The Balaban J connectivity index is 2.11. The highest BCUT2D eigenvalue weighted by atomic mass is 32.1. The summed E-state index contributed by atoms with van der Waals surface area (Å²) in [6.07, 6.45) is 0.897. The Labute approximate surface area is 115 Å². The van der Waals surface area contributed by atoms with Crippen LogP contribution in [0, 0.1) is 11.8 Å². The van der Waals surface area contributed by atoms with Gasteiger partial charge in [0, 0.05) is 21.2 Å². The van der Waals surface area contributed by atoms with Crippen molar-refractivity contribution < 1.29 is 4.79 Å². The van der Waals surface area contributed by atoms with Crippen LogP contribution in [0.5, 0.6) is 0 Å². The van der Waals surface area contributed by atoms with Crippen molar-refractivity contribution in [3.63, 3.8) is 0 Å². The first-order chi connectivity index (χ1) is 9.38. The van der Waals surface area contributed by atoms with Gasteiger partial charge in [-0.15, -0.1) is 11.3 Å². The van der Waals surface area contributed by atoms with Crippen LogP contribution >= 0.6 is 11.3 Å². The van der Waals surface area contributed by atoms with E-state index in [1.54, 1.807) is 11.3 Å². The summed E-state index contributed by atoms with van der Waals surface area (Å²) in [6, 6.07) is 17.7. The summed E-state index contributed by atoms with van der Waals surface area (Å²) >= 11 is 1.56. The van der Waals surface area contributed by atoms with Crippen LogP contribution < -0.4 is 0 Å². The fourth-order valence-electron chi connectivity index (χ4n) is 1.93. The van der Waals surface area contributed by atoms with Gasteiger partial charge in [0.2, 0.25) is 0 Å². The molecule has 0 unspecified atom stereocenters. The van der Waals surface area contributed by atoms with E-state index < -0.39 is 0 Å². The van der Waals surface area contributed by atoms with Gasteiger partial charge in [-0.1, -0.05) is 42.3 Å². The Morgan fingerprint density at radius 1 is 0.895 bits per heavy atom. The minimum Gasteiger partial charge on any atom is -0.298 e. The van der Waals surface area contributed by atoms with Crippen molar-refractivity contribution in [2.75, 3.05) is 0 Å². The molecule has 0 spiro atoms. The summed E-state index contributed by atoms with van der Waals surface area (Å²) in [6.45, 7) is 0. The molecule has 0 aliphatic heterocycles. The molecule has 0 amide bonds. The molecule has 0 aliphatic rings. The highest BCUT2D eigenvalue weighted by molar-refractivity contribution is 7.20. The minimum atomic E-state index is 0.698. The minimum absolute atomic E-state index is 0.698. The van der Waals surface area contributed by atoms with Crippen molar-refractivity contribution in [2.45, 2.75) is 0 Å². The zero-order valence-electron chi connectivity index (χ0n) is 10.1. The lowest BCUT2D eigenvalue weighted by Crippen LogP contribution is -1.80. The monoisotopic (exact) mass is 262 g/mol. The third-order valence-corrected chi connectivity index (χ3v) is 3.95. The molecule has 0 bridgehead atoms. The van der Waals surface area contributed by atoms with Crippen LogP contribution in [0.1, 0.15) is 20.8 Å². The molecule has 90 valence electrons. The number of hydrogen-bond donors (Lipinski definition) is 0. The molecule has 0 aliphatic carbocycles. The van der Waals surface area contributed by atoms with E-state index in [1.165, 1.54) is 0 Å². The van der Waals surface area contributed by atoms with E-state index in [-0.39, 0.29) is 0 Å². The molecule has 2 aromatic carbocycles. The molecule has 3 rings (SSSR count). The molecular formula is C17H10OS. The maximum atomic E-state index is 11.3. The Morgan fingerprint density at radius 2 is 1.63 bits per heavy atom. The van der Waals surface area contributed by atoms with Gasteiger partial charge in [-0.25, -0.2) is 0 Å². The lowest BCUT2D eigenvalue weighted by molar-refractivity contribution is 0.112. The smallest absolute Gasteiger partial charge is 0.152 e. The number of benzene rings is 2. The average Bonchev–Trinajstić information content (AvgIpc) is 2.83. The Hall–Kier alpha value is -2.37. The Kier molecular flexibility index (Phi) is 3.14. The summed E-state index contributed by atoms with van der Waals surface area (Å²) in [4.78, 5) is 12.1. The van der Waals surface area contributed by atoms with Crippen molar-refractivity contribution in [3.8, 4) is 11.8 Å². The van der Waals surface area contributed by atoms with E-state index in [4.69, 9.17) is 0 Å². The zero-order valence-corrected chi connectivity index (χ0v) is 10.9. The second-order valence-corrected chi connectivity index (χ2v) is 5.13. The quantitative estimate of drug-likeness (QED) is 0.476. The van der Waals surface area contributed by atoms with Crippen LogP contribution in [0.4, 0.5) is 0 Å². The molecule has 0 saturated heterocycles. The number of fused-ring (bicyclic) bond motifs is 1. The second kappa shape index (κ2) is 5.09. The first-order valence-corrected chi connectivity index (χ1v) is 6.74. The Bertz CT molecular complexity index is 788. The van der Waals surface area contributed by atoms with Crippen molar-refractivity contribution in [2.24, 2.45) is 0 Å². The molecule has 1 aromatic heterocycles. The lowest BCUT2D eigenvalue weighted by Gasteiger charge is -1.88. The summed E-state index contributed by atoms with van der Waals surface area (Å²) in [5, 5.41) is 0.986. The van der Waals surface area contributed by atoms with E-state index in [1.807, 2.05) is 54.6 Å². The molecule has 0 N–H and O–H groups in total. The van der Waals surface area contributed by atoms with Crippen LogP contribution in [0.3, 0.4) is 0 Å². The molecule has 19 heavy (non-hydrogen) atoms. The molecular weight excluding hydrogens is 252 g/mol. The van der Waals surface area contributed by atoms with Crippen LogP contribution in [0.25, 0.3) is 10.1 Å². The standard InChI is InChI=1S/C17H10OS/c18-12-15-14-8-4-5-9-16(14)19-17(15)11-10-13-6-2-1-3-7-13/h1-9,12H. The van der Waals surface area contributed by atoms with Gasteiger partial charge in [-0.3, -0.25) is 4.79 Å². The third kappa shape index (κ3) is 2.29. The van der Waals surface area contributed by atoms with Gasteiger partial charge in [0.1, 0.15) is 0 Å². The van der Waals surface area contributed by atoms with Crippen LogP contribution in [0.15, 0.2) is 54.6 Å². The molecule has 0 saturated carbocycles. The number of carbonyl (C=O) groups is 1. The van der Waals surface area contributed by atoms with Gasteiger partial charge >= 0.3 is 0 Å². The van der Waals surface area contributed by atoms with Crippen LogP contribution in [-0.4, -0.2) is 6.29 Å². The van der Waals surface area contributed by atoms with Gasteiger partial charge in [0.15, 0.2) is 6.29 Å². The molecule has 0 fully saturated rings. The maximum Gasteiger partial charge on any atom is 0.152 e. The molecule has 0 radical (unpaired) electrons. The topological polar surface area (TPSA) is 17.1 Å². The van der Waals surface area contributed by atoms with Crippen molar-refractivity contribution >= 4 is 27.7 Å². The van der Waals surface area contributed by atoms with Crippen LogP contribution in [-0.2, 0) is 0 Å². The molecule has 2 heteroatoms. The second-order valence-electron chi connectivity index (χ2n) is 4.07. The van der Waals surface area contributed by atoms with Gasteiger partial charge in [-0.2, -0.15) is 0 Å². The summed E-state index contributed by atoms with van der Waals surface area (Å²) < 4.78 is 1.10. The summed E-state index contributed by atoms with van der Waals surface area (Å²) in [7, 11) is 0. The molecule has 3 aromatic rings. The fraction of sp³-hybridized carbons (Fsp3) is 0. The zero-order chi connectivity index (χ0) is 13.1. The number of thiophene rings is 1. The highest BCUT2D eigenvalue weighted by Crippen LogP contribution is 2.29. The van der Waals surface area contributed by atoms with Crippen LogP contribution in [0.2, 0.25) is 0 Å². The predicted octanol–water partition coefficient (Wildman–Crippen LogP) is 4.11. The number of rotatable bonds is 1. The Morgan fingerprint density at radius 3 is 2.42 bits per heavy atom. The first kappa shape index (κ1) is 11.7. The molecule has 0 atom stereocenters. The van der Waals surface area contributed by atoms with E-state index in [0.29, 0.717) is 5.56 Å². The summed E-state index contributed by atoms with van der Waals surface area (Å²) in [5.41, 5.74) is 1.65. The third-order valence-electron chi connectivity index (χ3n) is 2.85. The predicted molar refractivity (Wildman–Crippen MR) is 79.6 cm³/mol. The number of hydrogen-bond acceptors (Lipinski definition) is 2. The van der Waals surface area contributed by atoms with E-state index in [9.17, 15) is 4.79 Å². The van der Waals surface area contributed by atoms with Gasteiger partial charge in [0.05, 0.1) is 4.88 Å². The van der Waals surface area contributed by atoms with Crippen molar-refractivity contribution in [1.82, 2.24) is 0 Å². The van der Waals surface area contributed by atoms with E-state index in [0.717, 1.165) is 26.8 Å². The van der Waals surface area contributed by atoms with Gasteiger partial charge in [-0.05, 0) is 24.1 Å². The average molecular weight is 262 g/mol. The molecule has 1 heterocycles. The lowest BCUT2D eigenvalue weighted by atomic mass is 10.1. The fourth-order valence-corrected chi connectivity index (χ4v) is 2.95. The van der Waals surface area contributed by atoms with E-state index in [2.05, 4.69) is 11.8 Å². The highest BCUT2D eigenvalue weighted by Gasteiger charge is 2.08. The molecule has 1 nitrogen and oxygen atoms in total. The number of carbonyl (C=O) groups excluding carboxylic acids is 1. The SMILES string of the molecule is O=Cc1c(C#Cc2ccccc2)sc2ccccc12. The van der Waals surface area contributed by atoms with Gasteiger partial charge < -0.3 is 0 Å². The normalized spacial score (nSPS) is 9.89. The van der Waals surface area contributed by atoms with Crippen molar-refractivity contribution in [3.05, 3.63) is 70.6 Å². The van der Waals surface area contributed by atoms with Crippen molar-refractivity contribution in [1.29, 1.82) is 0 Å². The maximum absolute atomic E-state index is 11.3. The van der Waals surface area contributed by atoms with Gasteiger partial charge in [0.25, 0.3) is 0 Å². The number of aldehydes is 1. The first-order valence-electron chi connectivity index (χ1n) is 5.92. The van der Waals surface area contributed by atoms with E-state index >= 15 is 0 Å². The largest absolute Gasteiger partial charge is 0.298 e.